The van der Waals surface area contributed by atoms with Crippen LogP contribution in [0.4, 0.5) is 11.4 Å². The molecule has 21 heavy (non-hydrogen) atoms. The number of aromatic nitrogens is 1. The monoisotopic (exact) mass is 277 g/mol. The molecule has 1 heterocycles. The van der Waals surface area contributed by atoms with Gasteiger partial charge in [0, 0.05) is 23.0 Å². The minimum Gasteiger partial charge on any atom is -0.399 e. The number of aryl methyl sites for hydroxylation is 1. The largest absolute Gasteiger partial charge is 0.399 e. The Morgan fingerprint density at radius 3 is 2.76 bits per heavy atom. The Morgan fingerprint density at radius 1 is 1.14 bits per heavy atom. The predicted molar refractivity (Wildman–Crippen MR) is 85.3 cm³/mol. The van der Waals surface area contributed by atoms with E-state index < -0.39 is 0 Å². The van der Waals surface area contributed by atoms with Crippen LogP contribution in [0.15, 0.2) is 54.7 Å². The Morgan fingerprint density at radius 2 is 1.95 bits per heavy atom. The van der Waals surface area contributed by atoms with Crippen molar-refractivity contribution in [2.24, 2.45) is 0 Å². The lowest BCUT2D eigenvalue weighted by Gasteiger charge is -2.09. The molecule has 104 valence electrons. The van der Waals surface area contributed by atoms with Crippen LogP contribution in [-0.4, -0.2) is 10.9 Å². The van der Waals surface area contributed by atoms with Gasteiger partial charge < -0.3 is 11.1 Å². The Labute approximate surface area is 122 Å². The highest BCUT2D eigenvalue weighted by atomic mass is 16.1. The molecule has 0 fully saturated rings. The number of anilines is 2. The van der Waals surface area contributed by atoms with Crippen LogP contribution in [0.2, 0.25) is 0 Å². The fourth-order valence-electron chi connectivity index (χ4n) is 2.27. The number of nitrogen functional groups attached to an aromatic ring is 1. The maximum Gasteiger partial charge on any atom is 0.274 e. The number of rotatable bonds is 2. The lowest BCUT2D eigenvalue weighted by molar-refractivity contribution is 0.102. The third-order valence-electron chi connectivity index (χ3n) is 3.40. The molecule has 0 aliphatic carbocycles. The first kappa shape index (κ1) is 13.1. The minimum atomic E-state index is -0.223. The molecule has 3 rings (SSSR count). The van der Waals surface area contributed by atoms with Crippen LogP contribution in [0.25, 0.3) is 10.8 Å². The average molecular weight is 277 g/mol. The zero-order chi connectivity index (χ0) is 14.8. The van der Waals surface area contributed by atoms with Gasteiger partial charge in [-0.3, -0.25) is 9.78 Å². The summed E-state index contributed by atoms with van der Waals surface area (Å²) in [7, 11) is 0. The number of nitrogens with zero attached hydrogens (tertiary/aromatic N) is 1. The van der Waals surface area contributed by atoms with Crippen molar-refractivity contribution in [3.63, 3.8) is 0 Å². The van der Waals surface area contributed by atoms with Gasteiger partial charge in [0.05, 0.1) is 0 Å². The van der Waals surface area contributed by atoms with Crippen LogP contribution < -0.4 is 11.1 Å². The molecule has 3 N–H and O–H groups in total. The molecular weight excluding hydrogens is 262 g/mol. The summed E-state index contributed by atoms with van der Waals surface area (Å²) in [5, 5.41) is 4.59. The molecular formula is C17H15N3O. The van der Waals surface area contributed by atoms with Gasteiger partial charge in [-0.15, -0.1) is 0 Å². The summed E-state index contributed by atoms with van der Waals surface area (Å²) < 4.78 is 0. The van der Waals surface area contributed by atoms with Crippen LogP contribution in [0.5, 0.6) is 0 Å². The van der Waals surface area contributed by atoms with Crippen LogP contribution >= 0.6 is 0 Å². The summed E-state index contributed by atoms with van der Waals surface area (Å²) >= 11 is 0. The smallest absolute Gasteiger partial charge is 0.274 e. The van der Waals surface area contributed by atoms with Crippen molar-refractivity contribution in [1.29, 1.82) is 0 Å². The number of carbonyl (C=O) groups is 1. The number of fused-ring (bicyclic) bond motifs is 1. The van der Waals surface area contributed by atoms with Crippen molar-refractivity contribution in [3.05, 3.63) is 66.0 Å². The lowest BCUT2D eigenvalue weighted by Crippen LogP contribution is -2.14. The molecule has 3 aromatic rings. The van der Waals surface area contributed by atoms with Gasteiger partial charge in [0.2, 0.25) is 0 Å². The second kappa shape index (κ2) is 5.25. The normalized spacial score (nSPS) is 10.5. The van der Waals surface area contributed by atoms with Crippen LogP contribution in [0, 0.1) is 6.92 Å². The lowest BCUT2D eigenvalue weighted by atomic mass is 10.1. The molecule has 0 aliphatic rings. The third-order valence-corrected chi connectivity index (χ3v) is 3.40. The molecule has 0 radical (unpaired) electrons. The van der Waals surface area contributed by atoms with E-state index in [0.717, 1.165) is 22.0 Å². The highest BCUT2D eigenvalue weighted by Crippen LogP contribution is 2.21. The van der Waals surface area contributed by atoms with Crippen LogP contribution in [0.1, 0.15) is 16.1 Å². The Balaban J connectivity index is 2.01. The molecule has 0 unspecified atom stereocenters. The first-order valence-electron chi connectivity index (χ1n) is 6.66. The van der Waals surface area contributed by atoms with Crippen molar-refractivity contribution in [2.75, 3.05) is 11.1 Å². The maximum absolute atomic E-state index is 12.5. The summed E-state index contributed by atoms with van der Waals surface area (Å²) in [6.45, 7) is 1.95. The van der Waals surface area contributed by atoms with E-state index in [4.69, 9.17) is 5.73 Å². The van der Waals surface area contributed by atoms with Gasteiger partial charge in [0.25, 0.3) is 5.91 Å². The van der Waals surface area contributed by atoms with E-state index in [0.29, 0.717) is 11.4 Å². The Hall–Kier alpha value is -2.88. The number of hydrogen-bond acceptors (Lipinski definition) is 3. The molecule has 0 atom stereocenters. The van der Waals surface area contributed by atoms with Crippen molar-refractivity contribution in [2.45, 2.75) is 6.92 Å². The topological polar surface area (TPSA) is 68.0 Å². The quantitative estimate of drug-likeness (QED) is 0.706. The van der Waals surface area contributed by atoms with Gasteiger partial charge >= 0.3 is 0 Å². The number of amides is 1. The second-order valence-electron chi connectivity index (χ2n) is 4.91. The molecule has 2 aromatic carbocycles. The van der Waals surface area contributed by atoms with E-state index in [1.165, 1.54) is 0 Å². The number of pyridine rings is 1. The zero-order valence-corrected chi connectivity index (χ0v) is 11.6. The van der Waals surface area contributed by atoms with Gasteiger partial charge in [-0.1, -0.05) is 18.2 Å². The SMILES string of the molecule is Cc1ccccc1NC(=O)c1nccc2cc(N)ccc12. The first-order valence-corrected chi connectivity index (χ1v) is 6.66. The first-order chi connectivity index (χ1) is 10.1. The van der Waals surface area contributed by atoms with Gasteiger partial charge in [-0.05, 0) is 48.2 Å². The summed E-state index contributed by atoms with van der Waals surface area (Å²) in [6, 6.07) is 14.9. The predicted octanol–water partition coefficient (Wildman–Crippen LogP) is 3.38. The summed E-state index contributed by atoms with van der Waals surface area (Å²) in [5.41, 5.74) is 8.64. The number of nitrogens with one attached hydrogen (secondary N) is 1. The van der Waals surface area contributed by atoms with Crippen molar-refractivity contribution in [1.82, 2.24) is 4.98 Å². The van der Waals surface area contributed by atoms with E-state index >= 15 is 0 Å². The van der Waals surface area contributed by atoms with Gasteiger partial charge in [0.1, 0.15) is 5.69 Å². The van der Waals surface area contributed by atoms with Crippen molar-refractivity contribution < 1.29 is 4.79 Å². The van der Waals surface area contributed by atoms with E-state index in [1.807, 2.05) is 49.4 Å². The van der Waals surface area contributed by atoms with E-state index in [9.17, 15) is 4.79 Å². The van der Waals surface area contributed by atoms with E-state index in [2.05, 4.69) is 10.3 Å². The van der Waals surface area contributed by atoms with Crippen molar-refractivity contribution in [3.8, 4) is 0 Å². The minimum absolute atomic E-state index is 0.223. The van der Waals surface area contributed by atoms with Crippen molar-refractivity contribution >= 4 is 28.1 Å². The Bertz CT molecular complexity index is 827. The van der Waals surface area contributed by atoms with Gasteiger partial charge in [0.15, 0.2) is 0 Å². The molecule has 0 saturated heterocycles. The summed E-state index contributed by atoms with van der Waals surface area (Å²) in [6.07, 6.45) is 1.62. The van der Waals surface area contributed by atoms with E-state index in [1.54, 1.807) is 12.3 Å². The highest BCUT2D eigenvalue weighted by molar-refractivity contribution is 6.11. The number of nitrogens with two attached hydrogens (primary N) is 1. The fraction of sp³-hybridized carbons (Fsp3) is 0.0588. The molecule has 0 aliphatic heterocycles. The average Bonchev–Trinajstić information content (AvgIpc) is 2.48. The zero-order valence-electron chi connectivity index (χ0n) is 11.6. The van der Waals surface area contributed by atoms with Crippen LogP contribution in [0.3, 0.4) is 0 Å². The molecule has 0 bridgehead atoms. The molecule has 0 spiro atoms. The fourth-order valence-corrected chi connectivity index (χ4v) is 2.27. The van der Waals surface area contributed by atoms with Gasteiger partial charge in [-0.25, -0.2) is 0 Å². The third kappa shape index (κ3) is 2.56. The number of benzene rings is 2. The molecule has 1 aromatic heterocycles. The summed E-state index contributed by atoms with van der Waals surface area (Å²) in [5.74, 6) is -0.223. The maximum atomic E-state index is 12.5. The number of carbonyl (C=O) groups excluding carboxylic acids is 1. The second-order valence-corrected chi connectivity index (χ2v) is 4.91. The number of hydrogen-bond donors (Lipinski definition) is 2. The van der Waals surface area contributed by atoms with Crippen LogP contribution in [-0.2, 0) is 0 Å². The molecule has 4 nitrogen and oxygen atoms in total. The molecule has 1 amide bonds. The highest BCUT2D eigenvalue weighted by Gasteiger charge is 2.12. The molecule has 4 heteroatoms. The molecule has 0 saturated carbocycles. The van der Waals surface area contributed by atoms with Gasteiger partial charge in [-0.2, -0.15) is 0 Å². The number of para-hydroxylation sites is 1. The van der Waals surface area contributed by atoms with E-state index in [-0.39, 0.29) is 5.91 Å². The summed E-state index contributed by atoms with van der Waals surface area (Å²) in [4.78, 5) is 16.7. The Kier molecular flexibility index (Phi) is 3.28. The standard InChI is InChI=1S/C17H15N3O/c1-11-4-2-3-5-15(11)20-17(21)16-14-7-6-13(18)10-12(14)8-9-19-16/h2-10H,18H2,1H3,(H,20,21).